The topological polar surface area (TPSA) is 393 Å². The highest BCUT2D eigenvalue weighted by molar-refractivity contribution is 5.78. The summed E-state index contributed by atoms with van der Waals surface area (Å²) in [5.74, 6) is -0.514. The first kappa shape index (κ1) is 63.3. The highest BCUT2D eigenvalue weighted by atomic mass is 16.8. The van der Waals surface area contributed by atoms with E-state index in [1.54, 1.807) is 6.92 Å². The van der Waals surface area contributed by atoms with Gasteiger partial charge in [-0.3, -0.25) is 4.79 Å². The molecule has 0 aromatic heterocycles. The maximum Gasteiger partial charge on any atom is 0.314 e. The highest BCUT2D eigenvalue weighted by Crippen LogP contribution is 2.78. The molecular weight excluding hydrogens is 1080 g/mol. The lowest BCUT2D eigenvalue weighted by atomic mass is 9.32. The zero-order valence-electron chi connectivity index (χ0n) is 47.9. The van der Waals surface area contributed by atoms with Crippen molar-refractivity contribution in [3.63, 3.8) is 0 Å². The third kappa shape index (κ3) is 10.3. The monoisotopic (exact) mass is 1180 g/mol. The van der Waals surface area contributed by atoms with Gasteiger partial charge in [0.2, 0.25) is 6.29 Å². The van der Waals surface area contributed by atoms with Gasteiger partial charge in [-0.05, 0) is 123 Å². The number of aliphatic hydroxyl groups is 14. The van der Waals surface area contributed by atoms with Crippen LogP contribution in [0.3, 0.4) is 0 Å². The third-order valence-corrected chi connectivity index (χ3v) is 22.7. The normalized spacial score (nSPS) is 55.8. The van der Waals surface area contributed by atoms with E-state index >= 15 is 0 Å². The van der Waals surface area contributed by atoms with Crippen LogP contribution in [-0.4, -0.2) is 251 Å². The SMILES string of the molecule is C=C(C)[C@@H]1CC[C@]2(C(=O)O[C@@H]3O[C@@H](C)[C@H](O)[C@@H](O)[C@H]3O)CC[C@]3(C)[C@H](CC[C@@H]4[C@@]5(C)C[C@@H](O)[C@H](O[C@@H]6O[C@H](CO)[C@@H](O[C@@H]7OC[C@@H](O)[C@H](O)[C@H]7O)[C@H](O)[C@H]6O[C@@H]6OC[C@@H](O[C@@H]7OC[C@H](O)[C@H](O)[C@H]7O)[C@H](O)[C@H]6O)C(C)(C)[C@@H]5CC[C@]43C)[C@@H]12. The van der Waals surface area contributed by atoms with Gasteiger partial charge in [-0.15, -0.1) is 0 Å². The van der Waals surface area contributed by atoms with Crippen LogP contribution in [0.15, 0.2) is 12.2 Å². The first-order chi connectivity index (χ1) is 38.5. The summed E-state index contributed by atoms with van der Waals surface area (Å²) in [6.07, 6.45) is -31.3. The average Bonchev–Trinajstić information content (AvgIpc) is 1.04. The van der Waals surface area contributed by atoms with Crippen LogP contribution >= 0.6 is 0 Å². The lowest BCUT2D eigenvalue weighted by Crippen LogP contribution is -2.70. The number of aliphatic hydroxyl groups excluding tert-OH is 14. The smallest absolute Gasteiger partial charge is 0.314 e. The van der Waals surface area contributed by atoms with Gasteiger partial charge in [0.25, 0.3) is 0 Å². The van der Waals surface area contributed by atoms with Gasteiger partial charge in [-0.1, -0.05) is 46.8 Å². The van der Waals surface area contributed by atoms with Gasteiger partial charge in [-0.25, -0.2) is 0 Å². The molecule has 0 aromatic carbocycles. The molecule has 10 fully saturated rings. The summed E-state index contributed by atoms with van der Waals surface area (Å²) in [5, 5.41) is 153. The Morgan fingerprint density at radius 1 is 0.549 bits per heavy atom. The van der Waals surface area contributed by atoms with Gasteiger partial charge in [0, 0.05) is 0 Å². The van der Waals surface area contributed by atoms with Crippen molar-refractivity contribution >= 4 is 5.97 Å². The lowest BCUT2D eigenvalue weighted by Gasteiger charge is -2.73. The van der Waals surface area contributed by atoms with Crippen molar-refractivity contribution < 1.29 is 124 Å². The van der Waals surface area contributed by atoms with Crippen LogP contribution in [0.5, 0.6) is 0 Å². The lowest BCUT2D eigenvalue weighted by molar-refractivity contribution is -0.394. The number of carbonyl (C=O) groups excluding carboxylic acids is 1. The van der Waals surface area contributed by atoms with Gasteiger partial charge >= 0.3 is 5.97 Å². The highest BCUT2D eigenvalue weighted by Gasteiger charge is 2.73. The Morgan fingerprint density at radius 2 is 1.13 bits per heavy atom. The van der Waals surface area contributed by atoms with E-state index < -0.39 is 196 Å². The maximum atomic E-state index is 14.8. The van der Waals surface area contributed by atoms with Gasteiger partial charge in [0.05, 0.1) is 50.2 Å². The molecule has 25 nitrogen and oxygen atoms in total. The quantitative estimate of drug-likeness (QED) is 0.0548. The molecule has 10 rings (SSSR count). The minimum Gasteiger partial charge on any atom is -0.432 e. The van der Waals surface area contributed by atoms with Crippen LogP contribution in [-0.2, 0) is 52.2 Å². The largest absolute Gasteiger partial charge is 0.432 e. The molecule has 0 amide bonds. The fourth-order valence-corrected chi connectivity index (χ4v) is 18.1. The van der Waals surface area contributed by atoms with Crippen molar-refractivity contribution in [1.29, 1.82) is 0 Å². The first-order valence-corrected chi connectivity index (χ1v) is 29.6. The van der Waals surface area contributed by atoms with Crippen molar-refractivity contribution in [2.75, 3.05) is 26.4 Å². The van der Waals surface area contributed by atoms with E-state index in [2.05, 4.69) is 27.4 Å². The minimum absolute atomic E-state index is 0.0172. The van der Waals surface area contributed by atoms with Crippen molar-refractivity contribution in [1.82, 2.24) is 0 Å². The Kier molecular flexibility index (Phi) is 18.0. The predicted molar refractivity (Wildman–Crippen MR) is 277 cm³/mol. The van der Waals surface area contributed by atoms with E-state index in [-0.39, 0.29) is 46.8 Å². The molecule has 25 heteroatoms. The molecule has 0 radical (unpaired) electrons. The maximum absolute atomic E-state index is 14.8. The number of hydrogen-bond acceptors (Lipinski definition) is 25. The molecule has 0 unspecified atom stereocenters. The van der Waals surface area contributed by atoms with Crippen molar-refractivity contribution in [2.45, 2.75) is 254 Å². The molecule has 82 heavy (non-hydrogen) atoms. The zero-order chi connectivity index (χ0) is 59.7. The number of ether oxygens (including phenoxy) is 10. The number of rotatable bonds is 12. The molecule has 5 heterocycles. The van der Waals surface area contributed by atoms with Gasteiger partial charge in [0.1, 0.15) is 97.7 Å². The van der Waals surface area contributed by atoms with E-state index in [4.69, 9.17) is 47.4 Å². The van der Waals surface area contributed by atoms with Gasteiger partial charge < -0.3 is 119 Å². The predicted octanol–water partition coefficient (Wildman–Crippen LogP) is -2.44. The van der Waals surface area contributed by atoms with Crippen molar-refractivity contribution in [3.05, 3.63) is 12.2 Å². The minimum atomic E-state index is -1.93. The molecular formula is C57H92O25. The Bertz CT molecular complexity index is 2260. The Morgan fingerprint density at radius 3 is 1.76 bits per heavy atom. The molecule has 33 atom stereocenters. The van der Waals surface area contributed by atoms with Crippen LogP contribution in [0, 0.1) is 56.7 Å². The molecule has 0 bridgehead atoms. The molecule has 5 aliphatic carbocycles. The standard InChI is InChI=1S/C57H92O25/c1-22(2)24-11-14-57(52(72)82-50-42(70)38(66)34(62)23(3)76-50)16-15-55(7)25(33(24)57)9-10-32-54(6)17-26(59)46(53(4,5)31(54)12-13-56(32,55)8)81-51-45(43(71)44(29(18-58)77-51)79-48-40(68)36(64)28(61)20-74-48)80-49-41(69)37(65)30(21-75-49)78-47-39(67)35(63)27(60)19-73-47/h23-51,58-71H,1,9-21H2,2-8H3/t23-,24-,25+,26+,27-,28+,29+,30+,31-,32+,33+,34-,35-,36-,37-,38+,39+,40+,41+,42+,43-,44+,45+,46-,47-,48-,49-,50-,51-,54-,55+,56+,57-/m0/s1. The zero-order valence-corrected chi connectivity index (χ0v) is 47.9. The fraction of sp³-hybridized carbons (Fsp3) is 0.947. The summed E-state index contributed by atoms with van der Waals surface area (Å²) in [6, 6.07) is 0. The molecule has 0 spiro atoms. The summed E-state index contributed by atoms with van der Waals surface area (Å²) < 4.78 is 59.8. The van der Waals surface area contributed by atoms with Crippen molar-refractivity contribution in [3.8, 4) is 0 Å². The molecule has 14 N–H and O–H groups in total. The number of hydrogen-bond donors (Lipinski definition) is 14. The van der Waals surface area contributed by atoms with Crippen LogP contribution in [0.25, 0.3) is 0 Å². The summed E-state index contributed by atoms with van der Waals surface area (Å²) in [5.41, 5.74) is -1.81. The molecule has 5 saturated heterocycles. The number of carbonyl (C=O) groups is 1. The molecule has 10 aliphatic rings. The Hall–Kier alpha value is -1.71. The molecule has 0 aromatic rings. The second-order valence-corrected chi connectivity index (χ2v) is 27.4. The summed E-state index contributed by atoms with van der Waals surface area (Å²) in [4.78, 5) is 14.8. The van der Waals surface area contributed by atoms with Crippen LogP contribution in [0.4, 0.5) is 0 Å². The van der Waals surface area contributed by atoms with Crippen LogP contribution in [0.1, 0.15) is 106 Å². The molecule has 5 aliphatic heterocycles. The van der Waals surface area contributed by atoms with Gasteiger partial charge in [-0.2, -0.15) is 0 Å². The van der Waals surface area contributed by atoms with E-state index in [1.165, 1.54) is 0 Å². The summed E-state index contributed by atoms with van der Waals surface area (Å²) in [7, 11) is 0. The summed E-state index contributed by atoms with van der Waals surface area (Å²) in [6.45, 7) is 16.9. The van der Waals surface area contributed by atoms with Crippen molar-refractivity contribution in [2.24, 2.45) is 56.7 Å². The first-order valence-electron chi connectivity index (χ1n) is 29.6. The van der Waals surface area contributed by atoms with Gasteiger partial charge in [0.15, 0.2) is 25.2 Å². The Labute approximate surface area is 477 Å². The van der Waals surface area contributed by atoms with E-state index in [0.29, 0.717) is 19.3 Å². The second-order valence-electron chi connectivity index (χ2n) is 27.4. The Balaban J connectivity index is 0.891. The molecule has 470 valence electrons. The van der Waals surface area contributed by atoms with Crippen LogP contribution in [0.2, 0.25) is 0 Å². The van der Waals surface area contributed by atoms with E-state index in [1.807, 2.05) is 20.8 Å². The van der Waals surface area contributed by atoms with E-state index in [9.17, 15) is 76.3 Å². The fourth-order valence-electron chi connectivity index (χ4n) is 18.1. The number of fused-ring (bicyclic) bond motifs is 7. The average molecular weight is 1180 g/mol. The second kappa shape index (κ2) is 23.3. The van der Waals surface area contributed by atoms with Crippen LogP contribution < -0.4 is 0 Å². The number of esters is 1. The number of allylic oxidation sites excluding steroid dienone is 1. The third-order valence-electron chi connectivity index (χ3n) is 22.7. The van der Waals surface area contributed by atoms with E-state index in [0.717, 1.165) is 37.7 Å². The molecule has 5 saturated carbocycles. The summed E-state index contributed by atoms with van der Waals surface area (Å²) >= 11 is 0.